The van der Waals surface area contributed by atoms with E-state index in [0.717, 1.165) is 38.6 Å². The Balaban J connectivity index is 1.02. The Hall–Kier alpha value is -7.47. The molecule has 12 rings (SSSR count). The second-order valence-electron chi connectivity index (χ2n) is 17.6. The molecule has 0 N–H and O–H groups in total. The molecule has 8 heteroatoms. The molecule has 67 heavy (non-hydrogen) atoms. The zero-order valence-electron chi connectivity index (χ0n) is 44.6. The van der Waals surface area contributed by atoms with Crippen LogP contribution in [0, 0.1) is 22.8 Å². The van der Waals surface area contributed by atoms with Crippen molar-refractivity contribution in [3.05, 3.63) is 221 Å². The quantitative estimate of drug-likeness (QED) is 0.112. The van der Waals surface area contributed by atoms with Gasteiger partial charge >= 0.3 is 332 Å². The van der Waals surface area contributed by atoms with Crippen LogP contribution in [0.3, 0.4) is 0 Å². The van der Waals surface area contributed by atoms with Crippen LogP contribution in [0.1, 0.15) is 42.9 Å². The number of para-hydroxylation sites is 3. The SMILES string of the molecule is [2H]c1c([2H])c([2H])c(-c2cc(C([2H])([2H])[2H])cc(-c3cccc(C(C)(C)C)c3)c2-n2[c](=[Pt])n(-c3[c-]c(Oc4cccc(N5B(c6ccccc6)n6c7ccccc7c7cc[c-]c5c76)n4)ccc3)c3ccccc32)c([2H])c1[2H]. The number of imidazole rings is 1. The fourth-order valence-corrected chi connectivity index (χ4v) is 10.6. The summed E-state index contributed by atoms with van der Waals surface area (Å²) in [6.07, 6.45) is 0. The van der Waals surface area contributed by atoms with Gasteiger partial charge in [-0.05, 0) is 11.5 Å². The summed E-state index contributed by atoms with van der Waals surface area (Å²) in [6.45, 7) is 3.42. The number of benzene rings is 8. The van der Waals surface area contributed by atoms with E-state index in [1.807, 2.05) is 106 Å². The molecule has 0 radical (unpaired) electrons. The van der Waals surface area contributed by atoms with Gasteiger partial charge < -0.3 is 0 Å². The predicted molar refractivity (Wildman–Crippen MR) is 271 cm³/mol. The number of anilines is 2. The molecule has 6 nitrogen and oxygen atoms in total. The van der Waals surface area contributed by atoms with Crippen LogP contribution in [0.25, 0.3) is 66.5 Å². The monoisotopic (exact) mass is 1050 g/mol. The van der Waals surface area contributed by atoms with Crippen molar-refractivity contribution in [1.82, 2.24) is 18.6 Å². The maximum absolute atomic E-state index is 9.25. The Kier molecular flexibility index (Phi) is 7.97. The number of aromatic nitrogens is 4. The molecule has 0 unspecified atom stereocenters. The van der Waals surface area contributed by atoms with E-state index in [-0.39, 0.29) is 29.1 Å². The Bertz CT molecular complexity index is 4170. The molecule has 8 aromatic carbocycles. The van der Waals surface area contributed by atoms with E-state index in [1.54, 1.807) is 6.07 Å². The zero-order chi connectivity index (χ0) is 52.2. The van der Waals surface area contributed by atoms with Gasteiger partial charge in [-0.15, -0.1) is 5.39 Å². The van der Waals surface area contributed by atoms with Crippen LogP contribution in [0.15, 0.2) is 194 Å². The second kappa shape index (κ2) is 16.1. The number of hydrogen-bond acceptors (Lipinski definition) is 3. The van der Waals surface area contributed by atoms with Gasteiger partial charge in [0.15, 0.2) is 0 Å². The van der Waals surface area contributed by atoms with E-state index in [0.29, 0.717) is 49.3 Å². The van der Waals surface area contributed by atoms with Gasteiger partial charge in [0, 0.05) is 5.52 Å². The first-order chi connectivity index (χ1) is 36.0. The van der Waals surface area contributed by atoms with Gasteiger partial charge in [-0.2, -0.15) is 12.1 Å². The molecule has 326 valence electrons. The van der Waals surface area contributed by atoms with Crippen molar-refractivity contribution in [3.63, 3.8) is 0 Å². The molecule has 3 aromatic heterocycles. The Morgan fingerprint density at radius 2 is 1.40 bits per heavy atom. The van der Waals surface area contributed by atoms with Crippen LogP contribution in [0.4, 0.5) is 11.5 Å². The molecule has 0 bridgehead atoms. The Morgan fingerprint density at radius 3 is 2.19 bits per heavy atom. The van der Waals surface area contributed by atoms with Crippen molar-refractivity contribution in [3.8, 4) is 45.3 Å². The Labute approximate surface area is 412 Å². The fraction of sp³-hybridized carbons (Fsp3) is 0.0847. The molecule has 1 aliphatic heterocycles. The number of rotatable bonds is 8. The molecule has 11 aromatic rings. The molecule has 0 saturated heterocycles. The van der Waals surface area contributed by atoms with Crippen molar-refractivity contribution in [2.45, 2.75) is 33.0 Å². The van der Waals surface area contributed by atoms with Gasteiger partial charge in [-0.1, -0.05) is 48.5 Å². The van der Waals surface area contributed by atoms with Crippen molar-refractivity contribution in [2.24, 2.45) is 0 Å². The fourth-order valence-electron chi connectivity index (χ4n) is 9.52. The van der Waals surface area contributed by atoms with Gasteiger partial charge in [0.2, 0.25) is 0 Å². The maximum atomic E-state index is 9.25. The van der Waals surface area contributed by atoms with Crippen molar-refractivity contribution in [2.75, 3.05) is 4.81 Å². The van der Waals surface area contributed by atoms with Crippen molar-refractivity contribution < 1.29 is 35.1 Å². The summed E-state index contributed by atoms with van der Waals surface area (Å²) >= 11 is 2.24. The van der Waals surface area contributed by atoms with Crippen LogP contribution in [-0.2, 0) is 24.8 Å². The summed E-state index contributed by atoms with van der Waals surface area (Å²) < 4.78 is 84.2. The summed E-state index contributed by atoms with van der Waals surface area (Å²) in [6, 6.07) is 57.6. The topological polar surface area (TPSA) is 40.1 Å². The second-order valence-corrected chi connectivity index (χ2v) is 18.6. The van der Waals surface area contributed by atoms with E-state index in [2.05, 4.69) is 116 Å². The summed E-state index contributed by atoms with van der Waals surface area (Å²) in [5.74, 6) is 1.42. The third-order valence-corrected chi connectivity index (χ3v) is 13.5. The van der Waals surface area contributed by atoms with Crippen LogP contribution >= 0.6 is 0 Å². The predicted octanol–water partition coefficient (Wildman–Crippen LogP) is 13.7. The molecule has 0 amide bonds. The normalized spacial score (nSPS) is 14.4. The number of aryl methyl sites for hydroxylation is 1. The Morgan fingerprint density at radius 1 is 0.687 bits per heavy atom. The number of fused-ring (bicyclic) bond motifs is 4. The van der Waals surface area contributed by atoms with Gasteiger partial charge in [0.1, 0.15) is 0 Å². The van der Waals surface area contributed by atoms with Crippen molar-refractivity contribution >= 4 is 56.8 Å². The zero-order valence-corrected chi connectivity index (χ0v) is 38.9. The summed E-state index contributed by atoms with van der Waals surface area (Å²) in [5.41, 5.74) is 8.59. The standard InChI is InChI=1S/C59H44BN5O.Pt/c1-40-35-49(41-19-7-5-8-20-41)57(50(36-40)42-21-15-22-43(37-42)59(2,3)4)63-39-62(52-30-13-14-31-53(52)63)45-25-16-26-46(38-45)66-56-34-18-33-55(61-56)64-54-32-17-28-48-47-27-11-12-29-51(47)65(58(48)54)60(64)44-23-9-6-10-24-44;/h5-31,33-37H,1-4H3;/q-2;/i1D3,5D,7D,8D,19D,20D;. The molecule has 0 fully saturated rings. The average Bonchev–Trinajstić information content (AvgIpc) is 4.13. The van der Waals surface area contributed by atoms with Gasteiger partial charge in [0.25, 0.3) is 0 Å². The van der Waals surface area contributed by atoms with E-state index in [9.17, 15) is 2.74 Å². The summed E-state index contributed by atoms with van der Waals surface area (Å²) in [4.78, 5) is 7.36. The molecular weight excluding hydrogens is 1000 g/mol. The molecule has 0 aliphatic carbocycles. The minimum absolute atomic E-state index is 0.0436. The molecule has 0 saturated carbocycles. The molecule has 1 aliphatic rings. The third-order valence-electron chi connectivity index (χ3n) is 12.5. The van der Waals surface area contributed by atoms with Crippen LogP contribution in [0.5, 0.6) is 11.6 Å². The first-order valence-corrected chi connectivity index (χ1v) is 23.1. The first-order valence-electron chi connectivity index (χ1n) is 26.0. The van der Waals surface area contributed by atoms with Gasteiger partial charge in [0.05, 0.1) is 0 Å². The molecular formula is C59H44BN5OPt-2. The van der Waals surface area contributed by atoms with Crippen LogP contribution < -0.4 is 15.0 Å². The number of hydrogen-bond donors (Lipinski definition) is 0. The third kappa shape index (κ3) is 6.91. The van der Waals surface area contributed by atoms with E-state index in [4.69, 9.17) is 17.9 Å². The van der Waals surface area contributed by atoms with Crippen molar-refractivity contribution in [1.29, 1.82) is 0 Å². The van der Waals surface area contributed by atoms with Gasteiger partial charge in [-0.3, -0.25) is 0 Å². The summed E-state index contributed by atoms with van der Waals surface area (Å²) in [7, 11) is 0. The van der Waals surface area contributed by atoms with E-state index in [1.165, 1.54) is 11.5 Å². The minimum atomic E-state index is -2.63. The average molecular weight is 1050 g/mol. The first kappa shape index (κ1) is 33.1. The van der Waals surface area contributed by atoms with Crippen LogP contribution in [0.2, 0.25) is 0 Å². The molecule has 0 spiro atoms. The molecule has 0 atom stereocenters. The van der Waals surface area contributed by atoms with E-state index < -0.39 is 37.1 Å². The van der Waals surface area contributed by atoms with E-state index >= 15 is 0 Å². The summed E-state index contributed by atoms with van der Waals surface area (Å²) in [5, 5.41) is 2.31. The molecule has 4 heterocycles. The van der Waals surface area contributed by atoms with Crippen LogP contribution in [-0.4, -0.2) is 25.6 Å². The number of nitrogens with zero attached hydrogens (tertiary/aromatic N) is 5. The number of ether oxygens (including phenoxy) is 1. The number of pyridine rings is 1. The van der Waals surface area contributed by atoms with Gasteiger partial charge in [-0.25, -0.2) is 0 Å².